The lowest BCUT2D eigenvalue weighted by atomic mass is 10.0. The predicted octanol–water partition coefficient (Wildman–Crippen LogP) is 1.15. The van der Waals surface area contributed by atoms with Crippen molar-refractivity contribution in [3.8, 4) is 0 Å². The van der Waals surface area contributed by atoms with Gasteiger partial charge in [-0.3, -0.25) is 9.59 Å². The van der Waals surface area contributed by atoms with Gasteiger partial charge in [-0.2, -0.15) is 0 Å². The number of carbonyl (C=O) groups is 4. The van der Waals surface area contributed by atoms with E-state index in [1.807, 2.05) is 44.2 Å². The summed E-state index contributed by atoms with van der Waals surface area (Å²) in [6, 6.07) is 8.70. The topological polar surface area (TPSA) is 146 Å². The Kier molecular flexibility index (Phi) is 23.2. The molecule has 1 rings (SSSR count). The molecule has 1 aromatic rings. The zero-order valence-electron chi connectivity index (χ0n) is 21.0. The molecule has 10 heteroatoms. The van der Waals surface area contributed by atoms with E-state index in [1.165, 1.54) is 7.05 Å². The number of nitrogens with two attached hydrogens (primary N) is 1. The van der Waals surface area contributed by atoms with E-state index in [2.05, 4.69) is 16.4 Å². The molecule has 0 aliphatic heterocycles. The number of aldehydes is 2. The summed E-state index contributed by atoms with van der Waals surface area (Å²) in [5.41, 5.74) is 5.54. The van der Waals surface area contributed by atoms with Gasteiger partial charge in [0.25, 0.3) is 0 Å². The molecule has 0 fully saturated rings. The first-order valence-corrected chi connectivity index (χ1v) is 11.1. The Balaban J connectivity index is 0. The maximum absolute atomic E-state index is 11.3. The van der Waals surface area contributed by atoms with Crippen molar-refractivity contribution < 1.29 is 33.4 Å². The molecule has 10 nitrogen and oxygen atoms in total. The van der Waals surface area contributed by atoms with Crippen molar-refractivity contribution in [3.05, 3.63) is 35.9 Å². The Hall–Kier alpha value is -2.66. The van der Waals surface area contributed by atoms with Gasteiger partial charge in [0, 0.05) is 7.11 Å². The van der Waals surface area contributed by atoms with Crippen molar-refractivity contribution in [2.24, 2.45) is 11.7 Å². The second-order valence-electron chi connectivity index (χ2n) is 7.31. The molecule has 0 aliphatic carbocycles. The summed E-state index contributed by atoms with van der Waals surface area (Å²) in [4.78, 5) is 43.4. The number of ketones is 1. The van der Waals surface area contributed by atoms with Crippen LogP contribution in [0.25, 0.3) is 0 Å². The monoisotopic (exact) mass is 483 g/mol. The van der Waals surface area contributed by atoms with Gasteiger partial charge in [0.1, 0.15) is 12.9 Å². The van der Waals surface area contributed by atoms with Crippen LogP contribution in [0.3, 0.4) is 0 Å². The maximum atomic E-state index is 11.3. The van der Waals surface area contributed by atoms with Gasteiger partial charge in [0.15, 0.2) is 6.29 Å². The van der Waals surface area contributed by atoms with Crippen LogP contribution in [-0.2, 0) is 35.0 Å². The van der Waals surface area contributed by atoms with E-state index in [-0.39, 0.29) is 6.61 Å². The highest BCUT2D eigenvalue weighted by Gasteiger charge is 2.15. The number of ether oxygens (including phenoxy) is 3. The van der Waals surface area contributed by atoms with E-state index < -0.39 is 24.0 Å². The summed E-state index contributed by atoms with van der Waals surface area (Å²) in [5, 5.41) is 5.31. The molecular weight excluding hydrogens is 442 g/mol. The molecule has 34 heavy (non-hydrogen) atoms. The lowest BCUT2D eigenvalue weighted by molar-refractivity contribution is -0.131. The summed E-state index contributed by atoms with van der Waals surface area (Å²) in [5.74, 6) is -0.0748. The number of rotatable bonds is 15. The van der Waals surface area contributed by atoms with Crippen LogP contribution in [0, 0.1) is 5.92 Å². The van der Waals surface area contributed by atoms with E-state index in [4.69, 9.17) is 14.2 Å². The van der Waals surface area contributed by atoms with Crippen LogP contribution in [0.1, 0.15) is 25.8 Å². The third kappa shape index (κ3) is 18.9. The second-order valence-corrected chi connectivity index (χ2v) is 7.31. The Morgan fingerprint density at radius 3 is 2.15 bits per heavy atom. The van der Waals surface area contributed by atoms with E-state index in [9.17, 15) is 19.2 Å². The highest BCUT2D eigenvalue weighted by molar-refractivity contribution is 6.27. The number of nitrogens with one attached hydrogen (secondary N) is 2. The molecule has 0 heterocycles. The van der Waals surface area contributed by atoms with E-state index in [1.54, 1.807) is 14.2 Å². The summed E-state index contributed by atoms with van der Waals surface area (Å²) in [6.45, 7) is 5.40. The van der Waals surface area contributed by atoms with Gasteiger partial charge in [-0.05, 0) is 38.4 Å². The van der Waals surface area contributed by atoms with Gasteiger partial charge in [-0.1, -0.05) is 44.2 Å². The minimum Gasteiger partial charge on any atom is -0.447 e. The maximum Gasteiger partial charge on any atom is 0.407 e. The molecule has 0 aliphatic rings. The molecule has 4 N–H and O–H groups in total. The van der Waals surface area contributed by atoms with Gasteiger partial charge < -0.3 is 35.4 Å². The van der Waals surface area contributed by atoms with Crippen molar-refractivity contribution in [2.45, 2.75) is 38.8 Å². The van der Waals surface area contributed by atoms with Gasteiger partial charge in [0.2, 0.25) is 5.78 Å². The molecular formula is C24H41N3O7. The number of benzene rings is 1. The van der Waals surface area contributed by atoms with Crippen molar-refractivity contribution in [2.75, 3.05) is 47.6 Å². The second kappa shape index (κ2) is 23.5. The smallest absolute Gasteiger partial charge is 0.407 e. The fraction of sp³-hybridized carbons (Fsp3) is 0.583. The molecule has 0 bridgehead atoms. The quantitative estimate of drug-likeness (QED) is 0.190. The van der Waals surface area contributed by atoms with Crippen LogP contribution in [0.2, 0.25) is 0 Å². The standard InChI is InChI=1S/C12H23NO5.C11H13NO2.CH5N/c1-10(2)8-11(9-14)13-12(15)18-7-6-17-5-4-16-3;1-12-10(11(14)8-13)7-9-5-3-2-4-6-9;1-2/h9-11H,4-8H2,1-3H3,(H,13,15);2-6,8,10,12H,7H2,1H3;2H2,1H3. The minimum absolute atomic E-state index is 0.156. The van der Waals surface area contributed by atoms with Crippen LogP contribution in [0.4, 0.5) is 4.79 Å². The van der Waals surface area contributed by atoms with Crippen LogP contribution < -0.4 is 16.4 Å². The van der Waals surface area contributed by atoms with Gasteiger partial charge in [0.05, 0.1) is 31.9 Å². The first-order chi connectivity index (χ1) is 16.4. The van der Waals surface area contributed by atoms with Gasteiger partial charge in [-0.25, -0.2) is 4.79 Å². The number of alkyl carbamates (subject to hydrolysis) is 1. The third-order valence-corrected chi connectivity index (χ3v) is 4.18. The molecule has 0 spiro atoms. The Labute approximate surface area is 202 Å². The zero-order chi connectivity index (χ0) is 26.2. The molecule has 194 valence electrons. The molecule has 0 aromatic heterocycles. The average Bonchev–Trinajstić information content (AvgIpc) is 2.85. The summed E-state index contributed by atoms with van der Waals surface area (Å²) >= 11 is 0. The van der Waals surface area contributed by atoms with Crippen LogP contribution in [0.15, 0.2) is 30.3 Å². The van der Waals surface area contributed by atoms with Gasteiger partial charge >= 0.3 is 6.09 Å². The Morgan fingerprint density at radius 1 is 1.03 bits per heavy atom. The fourth-order valence-electron chi connectivity index (χ4n) is 2.56. The van der Waals surface area contributed by atoms with Crippen molar-refractivity contribution >= 4 is 24.4 Å². The molecule has 1 amide bonds. The normalized spacial score (nSPS) is 11.6. The SMILES string of the molecule is CN.CNC(Cc1ccccc1)C(=O)C=O.COCCOCCOC(=O)NC(C=O)CC(C)C. The van der Waals surface area contributed by atoms with E-state index >= 15 is 0 Å². The predicted molar refractivity (Wildman–Crippen MR) is 131 cm³/mol. The number of hydrogen-bond donors (Lipinski definition) is 3. The number of methoxy groups -OCH3 is 1. The number of carbonyl (C=O) groups excluding carboxylic acids is 4. The highest BCUT2D eigenvalue weighted by atomic mass is 16.6. The minimum atomic E-state index is -0.594. The van der Waals surface area contributed by atoms with Crippen molar-refractivity contribution in [3.63, 3.8) is 0 Å². The van der Waals surface area contributed by atoms with Gasteiger partial charge in [-0.15, -0.1) is 0 Å². The zero-order valence-corrected chi connectivity index (χ0v) is 21.0. The number of likely N-dealkylation sites (N-methyl/N-ethyl adjacent to an activating group) is 1. The van der Waals surface area contributed by atoms with Crippen molar-refractivity contribution in [1.82, 2.24) is 10.6 Å². The highest BCUT2D eigenvalue weighted by Crippen LogP contribution is 2.03. The molecule has 2 atom stereocenters. The Bertz CT molecular complexity index is 657. The molecule has 0 radical (unpaired) electrons. The molecule has 2 unspecified atom stereocenters. The van der Waals surface area contributed by atoms with Crippen LogP contribution >= 0.6 is 0 Å². The first-order valence-electron chi connectivity index (χ1n) is 11.1. The summed E-state index contributed by atoms with van der Waals surface area (Å²) in [7, 11) is 4.76. The molecule has 0 saturated heterocycles. The number of amides is 1. The Morgan fingerprint density at radius 2 is 1.65 bits per heavy atom. The molecule has 0 saturated carbocycles. The van der Waals surface area contributed by atoms with E-state index in [0.717, 1.165) is 11.8 Å². The van der Waals surface area contributed by atoms with Crippen LogP contribution in [0.5, 0.6) is 0 Å². The number of Topliss-reactive ketones (excluding diaryl/α,β-unsaturated/α-hetero) is 1. The third-order valence-electron chi connectivity index (χ3n) is 4.18. The first kappa shape index (κ1) is 33.5. The lowest BCUT2D eigenvalue weighted by Gasteiger charge is -2.14. The number of hydrogen-bond acceptors (Lipinski definition) is 9. The largest absolute Gasteiger partial charge is 0.447 e. The molecule has 1 aromatic carbocycles. The summed E-state index contributed by atoms with van der Waals surface area (Å²) < 4.78 is 14.8. The van der Waals surface area contributed by atoms with Crippen LogP contribution in [-0.4, -0.2) is 84.2 Å². The van der Waals surface area contributed by atoms with Crippen molar-refractivity contribution in [1.29, 1.82) is 0 Å². The fourth-order valence-corrected chi connectivity index (χ4v) is 2.56. The van der Waals surface area contributed by atoms with E-state index in [0.29, 0.717) is 44.9 Å². The average molecular weight is 484 g/mol. The lowest BCUT2D eigenvalue weighted by Crippen LogP contribution is -2.37. The summed E-state index contributed by atoms with van der Waals surface area (Å²) in [6.07, 6.45) is 1.64.